The van der Waals surface area contributed by atoms with Gasteiger partial charge in [-0.05, 0) is 44.2 Å². The third kappa shape index (κ3) is 3.75. The second-order valence-electron chi connectivity index (χ2n) is 8.92. The molecule has 0 radical (unpaired) electrons. The van der Waals surface area contributed by atoms with Gasteiger partial charge in [-0.3, -0.25) is 4.79 Å². The lowest BCUT2D eigenvalue weighted by Crippen LogP contribution is -2.30. The molecule has 1 aromatic heterocycles. The number of halogens is 2. The van der Waals surface area contributed by atoms with Crippen molar-refractivity contribution in [2.24, 2.45) is 5.92 Å². The van der Waals surface area contributed by atoms with E-state index in [0.717, 1.165) is 31.7 Å². The van der Waals surface area contributed by atoms with Crippen molar-refractivity contribution in [1.82, 2.24) is 9.88 Å². The van der Waals surface area contributed by atoms with Gasteiger partial charge in [0, 0.05) is 37.6 Å². The van der Waals surface area contributed by atoms with Crippen LogP contribution in [0, 0.1) is 18.7 Å². The first-order valence-corrected chi connectivity index (χ1v) is 10.7. The van der Waals surface area contributed by atoms with Crippen LogP contribution in [-0.4, -0.2) is 47.7 Å². The zero-order chi connectivity index (χ0) is 21.9. The van der Waals surface area contributed by atoms with Crippen LogP contribution in [0.25, 0.3) is 10.9 Å². The van der Waals surface area contributed by atoms with E-state index in [-0.39, 0.29) is 29.6 Å². The van der Waals surface area contributed by atoms with Crippen molar-refractivity contribution in [1.29, 1.82) is 0 Å². The Hall–Kier alpha value is -2.68. The van der Waals surface area contributed by atoms with Crippen LogP contribution in [0.15, 0.2) is 17.1 Å². The highest BCUT2D eigenvalue weighted by Crippen LogP contribution is 2.41. The molecule has 2 N–H and O–H groups in total. The smallest absolute Gasteiger partial charge is 0.449 e. The summed E-state index contributed by atoms with van der Waals surface area (Å²) in [5.74, 6) is -1.17. The van der Waals surface area contributed by atoms with Gasteiger partial charge in [-0.2, -0.15) is 0 Å². The van der Waals surface area contributed by atoms with Gasteiger partial charge >= 0.3 is 6.16 Å². The highest BCUT2D eigenvalue weighted by atomic mass is 19.1. The Morgan fingerprint density at radius 1 is 1.29 bits per heavy atom. The van der Waals surface area contributed by atoms with Crippen molar-refractivity contribution < 1.29 is 23.4 Å². The molecule has 31 heavy (non-hydrogen) atoms. The summed E-state index contributed by atoms with van der Waals surface area (Å²) < 4.78 is 36.4. The van der Waals surface area contributed by atoms with E-state index in [2.05, 4.69) is 10.1 Å². The Balaban J connectivity index is 1.56. The minimum Gasteiger partial charge on any atom is -0.449 e. The van der Waals surface area contributed by atoms with Gasteiger partial charge in [0.2, 0.25) is 5.43 Å². The summed E-state index contributed by atoms with van der Waals surface area (Å²) in [6.07, 6.45) is 2.75. The van der Waals surface area contributed by atoms with Crippen molar-refractivity contribution >= 4 is 22.7 Å². The van der Waals surface area contributed by atoms with E-state index in [9.17, 15) is 14.0 Å². The fraction of sp³-hybridized carbons (Fsp3) is 0.545. The van der Waals surface area contributed by atoms with E-state index in [1.165, 1.54) is 6.20 Å². The zero-order valence-corrected chi connectivity index (χ0v) is 17.2. The number of aryl methyl sites for hydroxylation is 1. The molecule has 2 heterocycles. The van der Waals surface area contributed by atoms with Gasteiger partial charge in [0.05, 0.1) is 22.8 Å². The molecule has 2 aliphatic carbocycles. The quantitative estimate of drug-likeness (QED) is 0.680. The molecule has 3 aliphatic rings. The number of anilines is 1. The minimum absolute atomic E-state index is 0.0762. The first-order chi connectivity index (χ1) is 14.8. The number of alkyl halides is 1. The van der Waals surface area contributed by atoms with Gasteiger partial charge in [-0.25, -0.2) is 13.6 Å². The Labute approximate surface area is 177 Å². The largest absolute Gasteiger partial charge is 0.511 e. The van der Waals surface area contributed by atoms with E-state index < -0.39 is 23.6 Å². The van der Waals surface area contributed by atoms with Gasteiger partial charge in [-0.15, -0.1) is 0 Å². The molecule has 7 nitrogen and oxygen atoms in total. The first-order valence-electron chi connectivity index (χ1n) is 10.7. The molecule has 0 spiro atoms. The average Bonchev–Trinajstić information content (AvgIpc) is 3.62. The Bertz CT molecular complexity index is 1110. The summed E-state index contributed by atoms with van der Waals surface area (Å²) in [6.45, 7) is 2.81. The molecule has 2 atom stereocenters. The number of fused-ring (bicyclic) bond motifs is 1. The fourth-order valence-electron chi connectivity index (χ4n) is 4.65. The molecule has 0 unspecified atom stereocenters. The summed E-state index contributed by atoms with van der Waals surface area (Å²) in [7, 11) is 0. The monoisotopic (exact) mass is 433 g/mol. The molecule has 2 saturated carbocycles. The van der Waals surface area contributed by atoms with Gasteiger partial charge in [0.25, 0.3) is 0 Å². The zero-order valence-electron chi connectivity index (χ0n) is 17.2. The number of aromatic nitrogens is 1. The molecule has 166 valence electrons. The lowest BCUT2D eigenvalue weighted by molar-refractivity contribution is 0.143. The van der Waals surface area contributed by atoms with Crippen molar-refractivity contribution in [3.63, 3.8) is 0 Å². The number of rotatable bonds is 6. The third-order valence-electron chi connectivity index (χ3n) is 6.51. The van der Waals surface area contributed by atoms with Crippen molar-refractivity contribution in [2.75, 3.05) is 24.5 Å². The molecule has 3 fully saturated rings. The number of pyridine rings is 1. The number of carbonyl (C=O) groups is 1. The van der Waals surface area contributed by atoms with Crippen molar-refractivity contribution in [2.45, 2.75) is 50.9 Å². The molecule has 9 heteroatoms. The maximum atomic E-state index is 15.2. The predicted molar refractivity (Wildman–Crippen MR) is 111 cm³/mol. The lowest BCUT2D eigenvalue weighted by atomic mass is 10.1. The number of carboxylic acid groups (broad SMARTS) is 1. The van der Waals surface area contributed by atoms with Crippen molar-refractivity contribution in [3.05, 3.63) is 33.9 Å². The molecule has 1 aromatic carbocycles. The number of ether oxygens (including phenoxy) is 1. The minimum atomic E-state index is -1.59. The van der Waals surface area contributed by atoms with Crippen molar-refractivity contribution in [3.8, 4) is 5.75 Å². The highest BCUT2D eigenvalue weighted by molar-refractivity contribution is 5.89. The van der Waals surface area contributed by atoms with Gasteiger partial charge < -0.3 is 24.6 Å². The van der Waals surface area contributed by atoms with Crippen LogP contribution in [0.1, 0.15) is 37.3 Å². The Morgan fingerprint density at radius 3 is 2.68 bits per heavy atom. The molecular weight excluding hydrogens is 408 g/mol. The van der Waals surface area contributed by atoms with E-state index in [1.54, 1.807) is 11.8 Å². The first kappa shape index (κ1) is 20.2. The fourth-order valence-corrected chi connectivity index (χ4v) is 4.65. The van der Waals surface area contributed by atoms with Crippen LogP contribution in [0.5, 0.6) is 5.75 Å². The maximum absolute atomic E-state index is 15.2. The third-order valence-corrected chi connectivity index (χ3v) is 6.51. The summed E-state index contributed by atoms with van der Waals surface area (Å²) >= 11 is 0. The van der Waals surface area contributed by atoms with E-state index >= 15 is 4.39 Å². The number of benzene rings is 1. The normalized spacial score (nSPS) is 23.5. The van der Waals surface area contributed by atoms with Crippen LogP contribution in [0.2, 0.25) is 0 Å². The lowest BCUT2D eigenvalue weighted by Gasteiger charge is -2.24. The second-order valence-corrected chi connectivity index (χ2v) is 8.92. The summed E-state index contributed by atoms with van der Waals surface area (Å²) in [5.41, 5.74) is 0.754. The van der Waals surface area contributed by atoms with Crippen LogP contribution in [0.3, 0.4) is 0 Å². The summed E-state index contributed by atoms with van der Waals surface area (Å²) in [4.78, 5) is 25.5. The van der Waals surface area contributed by atoms with Gasteiger partial charge in [0.1, 0.15) is 12.0 Å². The van der Waals surface area contributed by atoms with E-state index in [0.29, 0.717) is 35.9 Å². The van der Waals surface area contributed by atoms with Crippen LogP contribution >= 0.6 is 0 Å². The average molecular weight is 433 g/mol. The molecule has 5 rings (SSSR count). The molecule has 2 aromatic rings. The number of hydrogen-bond donors (Lipinski definition) is 2. The van der Waals surface area contributed by atoms with Crippen LogP contribution in [-0.2, 0) is 0 Å². The Kier molecular flexibility index (Phi) is 4.88. The van der Waals surface area contributed by atoms with E-state index in [4.69, 9.17) is 5.11 Å². The van der Waals surface area contributed by atoms with Crippen LogP contribution < -0.4 is 20.4 Å². The number of hydrogen-bond acceptors (Lipinski definition) is 5. The number of nitrogens with zero attached hydrogens (tertiary/aromatic N) is 2. The Morgan fingerprint density at radius 2 is 2.03 bits per heavy atom. The SMILES string of the molecule is Cc1c(N2C[C@H](CNC3CC3)[C@H](F)C2)c(F)cc2c(=O)c(OC(=O)O)cn(C3CC3)c12. The molecule has 0 bridgehead atoms. The molecule has 1 saturated heterocycles. The number of nitrogens with one attached hydrogen (secondary N) is 1. The maximum Gasteiger partial charge on any atom is 0.511 e. The molecular formula is C22H25F2N3O4. The summed E-state index contributed by atoms with van der Waals surface area (Å²) in [6, 6.07) is 1.71. The van der Waals surface area contributed by atoms with Crippen LogP contribution in [0.4, 0.5) is 19.3 Å². The van der Waals surface area contributed by atoms with Gasteiger partial charge in [0.15, 0.2) is 5.75 Å². The predicted octanol–water partition coefficient (Wildman–Crippen LogP) is 3.37. The summed E-state index contributed by atoms with van der Waals surface area (Å²) in [5, 5.41) is 12.4. The molecule has 0 amide bonds. The molecule has 1 aliphatic heterocycles. The second kappa shape index (κ2) is 7.47. The van der Waals surface area contributed by atoms with E-state index in [1.807, 2.05) is 4.57 Å². The standard InChI is InChI=1S/C22H25F2N3O4/c1-11-19-15(21(28)18(31-22(29)30)10-27(19)14-4-5-14)6-16(23)20(11)26-8-12(17(24)9-26)7-25-13-2-3-13/h6,10,12-14,17,25H,2-5,7-9H2,1H3,(H,29,30)/t12-,17+/m0/s1. The van der Waals surface area contributed by atoms with Gasteiger partial charge in [-0.1, -0.05) is 0 Å². The topological polar surface area (TPSA) is 83.8 Å². The highest BCUT2D eigenvalue weighted by Gasteiger charge is 2.37.